The van der Waals surface area contributed by atoms with Crippen molar-refractivity contribution in [1.29, 1.82) is 0 Å². The molecule has 1 aliphatic heterocycles. The highest BCUT2D eigenvalue weighted by Gasteiger charge is 2.24. The topological polar surface area (TPSA) is 35.5 Å². The number of hydrogen-bond donors (Lipinski definition) is 2. The smallest absolute Gasteiger partial charge is 0.0499 e. The molecular formula is C15H32N2O. The van der Waals surface area contributed by atoms with E-state index < -0.39 is 0 Å². The van der Waals surface area contributed by atoms with Crippen molar-refractivity contribution < 1.29 is 5.11 Å². The zero-order valence-corrected chi connectivity index (χ0v) is 12.4. The zero-order chi connectivity index (χ0) is 13.3. The summed E-state index contributed by atoms with van der Waals surface area (Å²) in [6.07, 6.45) is 7.52. The highest BCUT2D eigenvalue weighted by Crippen LogP contribution is 2.24. The van der Waals surface area contributed by atoms with Crippen LogP contribution in [0.25, 0.3) is 0 Å². The number of hydrogen-bond acceptors (Lipinski definition) is 3. The number of nitrogens with one attached hydrogen (secondary N) is 1. The number of likely N-dealkylation sites (tertiary alicyclic amines) is 1. The number of nitrogens with zero attached hydrogens (tertiary/aromatic N) is 1. The molecule has 1 rings (SSSR count). The summed E-state index contributed by atoms with van der Waals surface area (Å²) in [6.45, 7) is 10.5. The molecule has 3 nitrogen and oxygen atoms in total. The maximum Gasteiger partial charge on any atom is 0.0499 e. The number of aliphatic hydroxyl groups excluding tert-OH is 1. The molecule has 0 aliphatic carbocycles. The molecular weight excluding hydrogens is 224 g/mol. The van der Waals surface area contributed by atoms with Crippen molar-refractivity contribution in [2.45, 2.75) is 52.4 Å². The predicted octanol–water partition coefficient (Wildman–Crippen LogP) is 2.25. The number of piperidine rings is 1. The zero-order valence-electron chi connectivity index (χ0n) is 12.4. The van der Waals surface area contributed by atoms with E-state index in [0.717, 1.165) is 25.9 Å². The fraction of sp³-hybridized carbons (Fsp3) is 1.00. The molecule has 0 bridgehead atoms. The lowest BCUT2D eigenvalue weighted by atomic mass is 9.83. The Kier molecular flexibility index (Phi) is 7.87. The predicted molar refractivity (Wildman–Crippen MR) is 77.9 cm³/mol. The highest BCUT2D eigenvalue weighted by molar-refractivity contribution is 4.78. The average Bonchev–Trinajstić information content (AvgIpc) is 2.45. The van der Waals surface area contributed by atoms with Gasteiger partial charge < -0.3 is 15.3 Å². The number of rotatable bonds is 9. The van der Waals surface area contributed by atoms with Crippen LogP contribution in [0.1, 0.15) is 52.4 Å². The van der Waals surface area contributed by atoms with E-state index >= 15 is 0 Å². The minimum atomic E-state index is 0.102. The minimum Gasteiger partial charge on any atom is -0.396 e. The van der Waals surface area contributed by atoms with Crippen LogP contribution in [0.4, 0.5) is 0 Å². The van der Waals surface area contributed by atoms with Gasteiger partial charge in [0, 0.05) is 18.6 Å². The third-order valence-electron chi connectivity index (χ3n) is 4.61. The van der Waals surface area contributed by atoms with Gasteiger partial charge in [0.1, 0.15) is 0 Å². The standard InChI is InChI=1S/C15H32N2O/c1-3-15(4-2,14-18)13-16-9-8-12-17-10-6-5-7-11-17/h16,18H,3-14H2,1-2H3. The minimum absolute atomic E-state index is 0.102. The molecule has 3 heteroatoms. The molecule has 0 aromatic heterocycles. The van der Waals surface area contributed by atoms with Crippen LogP contribution >= 0.6 is 0 Å². The second-order valence-electron chi connectivity index (χ2n) is 5.80. The van der Waals surface area contributed by atoms with Crippen LogP contribution in [0.5, 0.6) is 0 Å². The van der Waals surface area contributed by atoms with Crippen LogP contribution in [0.2, 0.25) is 0 Å². The van der Waals surface area contributed by atoms with Crippen LogP contribution < -0.4 is 5.32 Å². The van der Waals surface area contributed by atoms with E-state index in [1.165, 1.54) is 45.3 Å². The second-order valence-corrected chi connectivity index (χ2v) is 5.80. The highest BCUT2D eigenvalue weighted by atomic mass is 16.3. The van der Waals surface area contributed by atoms with Gasteiger partial charge in [-0.1, -0.05) is 20.3 Å². The molecule has 108 valence electrons. The third-order valence-corrected chi connectivity index (χ3v) is 4.61. The summed E-state index contributed by atoms with van der Waals surface area (Å²) in [5, 5.41) is 13.0. The van der Waals surface area contributed by atoms with E-state index in [0.29, 0.717) is 6.61 Å². The van der Waals surface area contributed by atoms with Gasteiger partial charge in [0.15, 0.2) is 0 Å². The summed E-state index contributed by atoms with van der Waals surface area (Å²) in [6, 6.07) is 0. The fourth-order valence-electron chi connectivity index (χ4n) is 2.74. The van der Waals surface area contributed by atoms with Crippen molar-refractivity contribution >= 4 is 0 Å². The summed E-state index contributed by atoms with van der Waals surface area (Å²) in [5.41, 5.74) is 0.102. The van der Waals surface area contributed by atoms with Crippen molar-refractivity contribution in [1.82, 2.24) is 10.2 Å². The summed E-state index contributed by atoms with van der Waals surface area (Å²) in [4.78, 5) is 2.59. The summed E-state index contributed by atoms with van der Waals surface area (Å²) < 4.78 is 0. The van der Waals surface area contributed by atoms with Gasteiger partial charge in [-0.15, -0.1) is 0 Å². The lowest BCUT2D eigenvalue weighted by molar-refractivity contribution is 0.113. The summed E-state index contributed by atoms with van der Waals surface area (Å²) >= 11 is 0. The Hall–Kier alpha value is -0.120. The molecule has 0 saturated carbocycles. The Morgan fingerprint density at radius 2 is 1.78 bits per heavy atom. The van der Waals surface area contributed by atoms with Crippen molar-refractivity contribution in [3.8, 4) is 0 Å². The van der Waals surface area contributed by atoms with Crippen molar-refractivity contribution in [3.63, 3.8) is 0 Å². The van der Waals surface area contributed by atoms with Crippen LogP contribution in [0.15, 0.2) is 0 Å². The summed E-state index contributed by atoms with van der Waals surface area (Å²) in [7, 11) is 0. The molecule has 0 aromatic rings. The van der Waals surface area contributed by atoms with E-state index in [9.17, 15) is 5.11 Å². The second kappa shape index (κ2) is 8.89. The summed E-state index contributed by atoms with van der Waals surface area (Å²) in [5.74, 6) is 0. The van der Waals surface area contributed by atoms with E-state index in [1.54, 1.807) is 0 Å². The van der Waals surface area contributed by atoms with Crippen molar-refractivity contribution in [2.75, 3.05) is 39.3 Å². The van der Waals surface area contributed by atoms with Crippen LogP contribution in [0, 0.1) is 5.41 Å². The van der Waals surface area contributed by atoms with Crippen LogP contribution in [-0.2, 0) is 0 Å². The molecule has 0 amide bonds. The Morgan fingerprint density at radius 1 is 1.11 bits per heavy atom. The van der Waals surface area contributed by atoms with Gasteiger partial charge in [0.2, 0.25) is 0 Å². The van der Waals surface area contributed by atoms with E-state index in [4.69, 9.17) is 0 Å². The van der Waals surface area contributed by atoms with Gasteiger partial charge in [0.25, 0.3) is 0 Å². The average molecular weight is 256 g/mol. The first-order valence-electron chi connectivity index (χ1n) is 7.80. The number of aliphatic hydroxyl groups is 1. The Bertz CT molecular complexity index is 190. The van der Waals surface area contributed by atoms with E-state index in [1.807, 2.05) is 0 Å². The first-order chi connectivity index (χ1) is 8.76. The van der Waals surface area contributed by atoms with Gasteiger partial charge >= 0.3 is 0 Å². The molecule has 0 atom stereocenters. The maximum atomic E-state index is 9.49. The Morgan fingerprint density at radius 3 is 2.33 bits per heavy atom. The molecule has 1 saturated heterocycles. The lowest BCUT2D eigenvalue weighted by Gasteiger charge is -2.30. The van der Waals surface area contributed by atoms with E-state index in [2.05, 4.69) is 24.1 Å². The Balaban J connectivity index is 2.06. The Labute approximate surface area is 113 Å². The van der Waals surface area contributed by atoms with Gasteiger partial charge in [-0.2, -0.15) is 0 Å². The largest absolute Gasteiger partial charge is 0.396 e. The quantitative estimate of drug-likeness (QED) is 0.621. The molecule has 1 aliphatic rings. The molecule has 1 heterocycles. The molecule has 1 fully saturated rings. The van der Waals surface area contributed by atoms with Crippen molar-refractivity contribution in [3.05, 3.63) is 0 Å². The monoisotopic (exact) mass is 256 g/mol. The lowest BCUT2D eigenvalue weighted by Crippen LogP contribution is -2.38. The molecule has 18 heavy (non-hydrogen) atoms. The van der Waals surface area contributed by atoms with E-state index in [-0.39, 0.29) is 5.41 Å². The first kappa shape index (κ1) is 15.9. The van der Waals surface area contributed by atoms with Crippen LogP contribution in [0.3, 0.4) is 0 Å². The molecule has 2 N–H and O–H groups in total. The van der Waals surface area contributed by atoms with Gasteiger partial charge in [0.05, 0.1) is 0 Å². The molecule has 0 spiro atoms. The molecule has 0 unspecified atom stereocenters. The van der Waals surface area contributed by atoms with Crippen LogP contribution in [-0.4, -0.2) is 49.3 Å². The van der Waals surface area contributed by atoms with Crippen molar-refractivity contribution in [2.24, 2.45) is 5.41 Å². The fourth-order valence-corrected chi connectivity index (χ4v) is 2.74. The first-order valence-corrected chi connectivity index (χ1v) is 7.80. The SMILES string of the molecule is CCC(CC)(CO)CNCCCN1CCCCC1. The third kappa shape index (κ3) is 5.25. The maximum absolute atomic E-state index is 9.49. The molecule has 0 aromatic carbocycles. The van der Waals surface area contributed by atoms with Gasteiger partial charge in [-0.25, -0.2) is 0 Å². The van der Waals surface area contributed by atoms with Gasteiger partial charge in [-0.05, 0) is 58.3 Å². The van der Waals surface area contributed by atoms with Gasteiger partial charge in [-0.3, -0.25) is 0 Å². The molecule has 0 radical (unpaired) electrons. The normalized spacial score (nSPS) is 18.2.